The van der Waals surface area contributed by atoms with Gasteiger partial charge in [-0.25, -0.2) is 0 Å². The molecule has 0 fully saturated rings. The predicted molar refractivity (Wildman–Crippen MR) is 119 cm³/mol. The van der Waals surface area contributed by atoms with E-state index in [4.69, 9.17) is 5.73 Å². The van der Waals surface area contributed by atoms with Crippen LogP contribution in [0.15, 0.2) is 0 Å². The molecule has 0 saturated heterocycles. The lowest BCUT2D eigenvalue weighted by atomic mass is 10.3. The molecule has 0 aromatic heterocycles. The lowest BCUT2D eigenvalue weighted by Gasteiger charge is -2.06. The van der Waals surface area contributed by atoms with Gasteiger partial charge in [0.05, 0.1) is 19.6 Å². The number of Topliss-reactive ketones (excluding diaryl/α,β-unsaturated/α-hetero) is 1. The second-order valence-corrected chi connectivity index (χ2v) is 5.63. The van der Waals surface area contributed by atoms with E-state index < -0.39 is 0 Å². The van der Waals surface area contributed by atoms with Gasteiger partial charge in [0, 0.05) is 26.3 Å². The van der Waals surface area contributed by atoms with Crippen LogP contribution < -0.4 is 27.0 Å². The number of hydrogen-bond acceptors (Lipinski definition) is 6. The minimum absolute atomic E-state index is 0. The SMILES string of the molecule is CC.CC(=O)CNC(C)C.CCNCC(=O)NCCCCNC(=O)CN.[HH].[HH].[HH].[HH].[HH]. The van der Waals surface area contributed by atoms with E-state index in [2.05, 4.69) is 21.3 Å². The molecule has 0 rings (SSSR count). The normalized spacial score (nSPS) is 9.38. The van der Waals surface area contributed by atoms with Crippen molar-refractivity contribution in [3.8, 4) is 0 Å². The minimum Gasteiger partial charge on any atom is -0.355 e. The maximum atomic E-state index is 11.1. The van der Waals surface area contributed by atoms with Crippen molar-refractivity contribution in [2.45, 2.75) is 60.4 Å². The smallest absolute Gasteiger partial charge is 0.233 e. The van der Waals surface area contributed by atoms with Crippen molar-refractivity contribution in [1.82, 2.24) is 21.3 Å². The van der Waals surface area contributed by atoms with Crippen LogP contribution in [-0.2, 0) is 14.4 Å². The molecule has 0 spiro atoms. The van der Waals surface area contributed by atoms with Crippen molar-refractivity contribution in [3.63, 3.8) is 0 Å². The zero-order valence-electron chi connectivity index (χ0n) is 17.5. The van der Waals surface area contributed by atoms with Crippen LogP contribution in [0.2, 0.25) is 0 Å². The van der Waals surface area contributed by atoms with E-state index in [0.717, 1.165) is 19.4 Å². The highest BCUT2D eigenvalue weighted by molar-refractivity contribution is 5.78. The molecule has 0 aromatic carbocycles. The van der Waals surface area contributed by atoms with Gasteiger partial charge >= 0.3 is 0 Å². The van der Waals surface area contributed by atoms with E-state index in [1.165, 1.54) is 0 Å². The molecule has 0 radical (unpaired) electrons. The molecule has 0 aliphatic carbocycles. The lowest BCUT2D eigenvalue weighted by molar-refractivity contribution is -0.121. The van der Waals surface area contributed by atoms with Crippen molar-refractivity contribution < 1.29 is 21.5 Å². The van der Waals surface area contributed by atoms with Gasteiger partial charge in [-0.1, -0.05) is 34.6 Å². The number of rotatable bonds is 12. The van der Waals surface area contributed by atoms with E-state index in [1.807, 2.05) is 34.6 Å². The van der Waals surface area contributed by atoms with Crippen LogP contribution in [0.1, 0.15) is 61.5 Å². The Kier molecular flexibility index (Phi) is 26.4. The first-order valence-electron chi connectivity index (χ1n) is 9.50. The number of nitrogens with two attached hydrogens (primary N) is 1. The zero-order chi connectivity index (χ0) is 20.8. The lowest BCUT2D eigenvalue weighted by Crippen LogP contribution is -2.35. The average Bonchev–Trinajstić information content (AvgIpc) is 2.63. The van der Waals surface area contributed by atoms with Gasteiger partial charge in [0.25, 0.3) is 0 Å². The molecule has 0 heterocycles. The molecular weight excluding hydrogens is 334 g/mol. The summed E-state index contributed by atoms with van der Waals surface area (Å²) in [6.07, 6.45) is 1.69. The van der Waals surface area contributed by atoms with Gasteiger partial charge < -0.3 is 27.0 Å². The van der Waals surface area contributed by atoms with Crippen LogP contribution in [-0.4, -0.2) is 62.9 Å². The Morgan fingerprint density at radius 2 is 1.46 bits per heavy atom. The molecular formula is C18H51N5O3. The van der Waals surface area contributed by atoms with E-state index in [9.17, 15) is 14.4 Å². The first-order valence-corrected chi connectivity index (χ1v) is 9.50. The quantitative estimate of drug-likeness (QED) is 0.323. The summed E-state index contributed by atoms with van der Waals surface area (Å²) >= 11 is 0. The van der Waals surface area contributed by atoms with Gasteiger partial charge in [0.15, 0.2) is 0 Å². The molecule has 6 N–H and O–H groups in total. The third-order valence-electron chi connectivity index (χ3n) is 2.73. The van der Waals surface area contributed by atoms with Crippen molar-refractivity contribution in [3.05, 3.63) is 0 Å². The van der Waals surface area contributed by atoms with Crippen LogP contribution in [0.25, 0.3) is 0 Å². The maximum Gasteiger partial charge on any atom is 0.233 e. The molecule has 0 aliphatic rings. The number of hydrogen-bond donors (Lipinski definition) is 5. The molecule has 0 aliphatic heterocycles. The summed E-state index contributed by atoms with van der Waals surface area (Å²) in [6.45, 7) is 14.5. The molecule has 8 heteroatoms. The third kappa shape index (κ3) is 30.4. The van der Waals surface area contributed by atoms with Gasteiger partial charge in [-0.2, -0.15) is 0 Å². The predicted octanol–water partition coefficient (Wildman–Crippen LogP) is 1.40. The molecule has 2 amide bonds. The third-order valence-corrected chi connectivity index (χ3v) is 2.73. The van der Waals surface area contributed by atoms with Crippen molar-refractivity contribution in [2.75, 3.05) is 39.3 Å². The maximum absolute atomic E-state index is 11.1. The van der Waals surface area contributed by atoms with Gasteiger partial charge in [-0.15, -0.1) is 0 Å². The number of unbranched alkanes of at least 4 members (excludes halogenated alkanes) is 1. The molecule has 0 bridgehead atoms. The first-order chi connectivity index (χ1) is 12.3. The molecule has 8 nitrogen and oxygen atoms in total. The van der Waals surface area contributed by atoms with Crippen LogP contribution in [0.3, 0.4) is 0 Å². The minimum atomic E-state index is -0.142. The number of carbonyl (C=O) groups excluding carboxylic acids is 3. The largest absolute Gasteiger partial charge is 0.355 e. The summed E-state index contributed by atoms with van der Waals surface area (Å²) < 4.78 is 0. The van der Waals surface area contributed by atoms with Crippen molar-refractivity contribution >= 4 is 17.6 Å². The number of nitrogens with one attached hydrogen (secondary N) is 4. The molecule has 0 aromatic rings. The highest BCUT2D eigenvalue weighted by atomic mass is 16.2. The molecule has 0 saturated carbocycles. The fraction of sp³-hybridized carbons (Fsp3) is 0.833. The van der Waals surface area contributed by atoms with E-state index >= 15 is 0 Å². The van der Waals surface area contributed by atoms with Crippen LogP contribution >= 0.6 is 0 Å². The van der Waals surface area contributed by atoms with Gasteiger partial charge in [0.1, 0.15) is 5.78 Å². The van der Waals surface area contributed by atoms with Gasteiger partial charge in [0.2, 0.25) is 11.8 Å². The summed E-state index contributed by atoms with van der Waals surface area (Å²) in [7, 11) is 0. The van der Waals surface area contributed by atoms with E-state index in [0.29, 0.717) is 32.2 Å². The van der Waals surface area contributed by atoms with Crippen molar-refractivity contribution in [2.24, 2.45) is 5.73 Å². The molecule has 26 heavy (non-hydrogen) atoms. The summed E-state index contributed by atoms with van der Waals surface area (Å²) in [5.41, 5.74) is 5.12. The highest BCUT2D eigenvalue weighted by Gasteiger charge is 1.99. The molecule has 0 unspecified atom stereocenters. The second kappa shape index (κ2) is 23.5. The monoisotopic (exact) mass is 385 g/mol. The number of amides is 2. The Balaban J connectivity index is -0.0000000513. The fourth-order valence-corrected chi connectivity index (χ4v) is 1.43. The highest BCUT2D eigenvalue weighted by Crippen LogP contribution is 1.84. The second-order valence-electron chi connectivity index (χ2n) is 5.63. The van der Waals surface area contributed by atoms with Crippen LogP contribution in [0.5, 0.6) is 0 Å². The van der Waals surface area contributed by atoms with Gasteiger partial charge in [-0.05, 0) is 26.3 Å². The standard InChI is InChI=1S/C10H22N4O2.C6H13NO.C2H6.5H2/c1-2-12-8-10(16)14-6-4-3-5-13-9(15)7-11;1-5(2)7-4-6(3)8;1-2;;;;;/h12H,2-8,11H2,1H3,(H,13,15)(H,14,16);5,7H,4H2,1-3H3;1-2H3;5*1H. The Morgan fingerprint density at radius 1 is 0.962 bits per heavy atom. The Bertz CT molecular complexity index is 369. The summed E-state index contributed by atoms with van der Waals surface area (Å²) in [6, 6.07) is 0.416. The summed E-state index contributed by atoms with van der Waals surface area (Å²) in [4.78, 5) is 32.2. The van der Waals surface area contributed by atoms with E-state index in [1.54, 1.807) is 6.92 Å². The first kappa shape index (κ1) is 29.3. The molecule has 166 valence electrons. The van der Waals surface area contributed by atoms with E-state index in [-0.39, 0.29) is 31.3 Å². The Morgan fingerprint density at radius 3 is 1.81 bits per heavy atom. The topological polar surface area (TPSA) is 125 Å². The van der Waals surface area contributed by atoms with Crippen molar-refractivity contribution in [1.29, 1.82) is 0 Å². The summed E-state index contributed by atoms with van der Waals surface area (Å²) in [5.74, 6) is 0.0581. The average molecular weight is 386 g/mol. The fourth-order valence-electron chi connectivity index (χ4n) is 1.43. The number of likely N-dealkylation sites (N-methyl/N-ethyl adjacent to an activating group) is 1. The number of carbonyl (C=O) groups is 3. The van der Waals surface area contributed by atoms with Crippen LogP contribution in [0, 0.1) is 0 Å². The van der Waals surface area contributed by atoms with Gasteiger partial charge in [-0.3, -0.25) is 14.4 Å². The Labute approximate surface area is 166 Å². The number of ketones is 1. The summed E-state index contributed by atoms with van der Waals surface area (Å²) in [5, 5.41) is 11.4. The molecule has 0 atom stereocenters. The van der Waals surface area contributed by atoms with Crippen LogP contribution in [0.4, 0.5) is 0 Å². The Hall–Kier alpha value is -1.51. The zero-order valence-corrected chi connectivity index (χ0v) is 17.5.